The maximum absolute atomic E-state index is 14.0. The Balaban J connectivity index is 2.06. The van der Waals surface area contributed by atoms with Crippen LogP contribution in [-0.4, -0.2) is 50.9 Å². The minimum absolute atomic E-state index is 0.0173. The lowest BCUT2D eigenvalue weighted by molar-refractivity contribution is -0.139. The Morgan fingerprint density at radius 1 is 1.05 bits per heavy atom. The second-order valence-electron chi connectivity index (χ2n) is 9.75. The van der Waals surface area contributed by atoms with Gasteiger partial charge >= 0.3 is 0 Å². The van der Waals surface area contributed by atoms with Gasteiger partial charge in [-0.25, -0.2) is 8.42 Å². The van der Waals surface area contributed by atoms with Gasteiger partial charge in [0.05, 0.1) is 22.2 Å². The van der Waals surface area contributed by atoms with Crippen LogP contribution in [0.25, 0.3) is 0 Å². The van der Waals surface area contributed by atoms with E-state index >= 15 is 0 Å². The van der Waals surface area contributed by atoms with E-state index in [4.69, 9.17) is 16.3 Å². The van der Waals surface area contributed by atoms with Crippen molar-refractivity contribution in [2.24, 2.45) is 0 Å². The second-order valence-corrected chi connectivity index (χ2v) is 12.9. The Kier molecular flexibility index (Phi) is 11.2. The minimum atomic E-state index is -4.22. The summed E-state index contributed by atoms with van der Waals surface area (Å²) >= 11 is 9.77. The summed E-state index contributed by atoms with van der Waals surface area (Å²) < 4.78 is 34.8. The molecule has 41 heavy (non-hydrogen) atoms. The molecule has 0 radical (unpaired) electrons. The summed E-state index contributed by atoms with van der Waals surface area (Å²) in [6.45, 7) is 6.81. The maximum Gasteiger partial charge on any atom is 0.264 e. The van der Waals surface area contributed by atoms with Crippen LogP contribution in [0.15, 0.2) is 76.1 Å². The van der Waals surface area contributed by atoms with E-state index in [1.165, 1.54) is 30.2 Å². The number of methoxy groups -OCH3 is 1. The van der Waals surface area contributed by atoms with Crippen molar-refractivity contribution in [2.75, 3.05) is 18.0 Å². The van der Waals surface area contributed by atoms with Crippen LogP contribution in [0.3, 0.4) is 0 Å². The topological polar surface area (TPSA) is 96.0 Å². The van der Waals surface area contributed by atoms with Gasteiger partial charge in [0.1, 0.15) is 18.3 Å². The SMILES string of the molecule is CCC(C)NC(=O)C(C)N(Cc1ccccc1Cl)C(=O)CN(c1ccc(C)cc1)S(=O)(=O)c1ccc(OC)c(Br)c1. The van der Waals surface area contributed by atoms with Crippen LogP contribution in [0.2, 0.25) is 5.02 Å². The number of nitrogens with zero attached hydrogens (tertiary/aromatic N) is 2. The maximum atomic E-state index is 14.0. The third kappa shape index (κ3) is 8.02. The molecule has 0 saturated carbocycles. The Bertz CT molecular complexity index is 1480. The molecule has 11 heteroatoms. The van der Waals surface area contributed by atoms with Crippen molar-refractivity contribution in [3.05, 3.63) is 87.4 Å². The van der Waals surface area contributed by atoms with E-state index in [0.717, 1.165) is 9.87 Å². The predicted octanol–water partition coefficient (Wildman–Crippen LogP) is 5.95. The van der Waals surface area contributed by atoms with Crippen LogP contribution in [0.5, 0.6) is 5.75 Å². The van der Waals surface area contributed by atoms with Gasteiger partial charge in [-0.2, -0.15) is 0 Å². The van der Waals surface area contributed by atoms with Crippen LogP contribution < -0.4 is 14.4 Å². The summed E-state index contributed by atoms with van der Waals surface area (Å²) in [7, 11) is -2.74. The van der Waals surface area contributed by atoms with Crippen molar-refractivity contribution >= 4 is 55.1 Å². The van der Waals surface area contributed by atoms with Gasteiger partial charge in [-0.1, -0.05) is 54.4 Å². The largest absolute Gasteiger partial charge is 0.496 e. The average Bonchev–Trinajstić information content (AvgIpc) is 2.95. The fraction of sp³-hybridized carbons (Fsp3) is 0.333. The van der Waals surface area contributed by atoms with E-state index in [2.05, 4.69) is 21.2 Å². The molecule has 2 unspecified atom stereocenters. The summed E-state index contributed by atoms with van der Waals surface area (Å²) in [5.74, 6) is -0.439. The molecule has 3 aromatic rings. The molecule has 0 fully saturated rings. The van der Waals surface area contributed by atoms with Gasteiger partial charge in [0.15, 0.2) is 0 Å². The number of benzene rings is 3. The lowest BCUT2D eigenvalue weighted by Gasteiger charge is -2.32. The molecule has 0 spiro atoms. The van der Waals surface area contributed by atoms with Gasteiger partial charge in [-0.3, -0.25) is 13.9 Å². The fourth-order valence-corrected chi connectivity index (χ4v) is 6.36. The zero-order chi connectivity index (χ0) is 30.3. The molecule has 1 N–H and O–H groups in total. The molecule has 0 bridgehead atoms. The van der Waals surface area contributed by atoms with E-state index in [-0.39, 0.29) is 23.4 Å². The Morgan fingerprint density at radius 3 is 2.29 bits per heavy atom. The summed E-state index contributed by atoms with van der Waals surface area (Å²) in [5, 5.41) is 3.35. The third-order valence-corrected chi connectivity index (χ3v) is 9.54. The van der Waals surface area contributed by atoms with Gasteiger partial charge < -0.3 is 15.0 Å². The van der Waals surface area contributed by atoms with E-state index < -0.39 is 28.5 Å². The number of hydrogen-bond acceptors (Lipinski definition) is 5. The van der Waals surface area contributed by atoms with E-state index in [9.17, 15) is 18.0 Å². The number of halogens is 2. The summed E-state index contributed by atoms with van der Waals surface area (Å²) in [6, 6.07) is 17.3. The number of hydrogen-bond donors (Lipinski definition) is 1. The first-order chi connectivity index (χ1) is 19.4. The summed E-state index contributed by atoms with van der Waals surface area (Å²) in [6.07, 6.45) is 0.716. The Labute approximate surface area is 255 Å². The number of carbonyl (C=O) groups is 2. The fourth-order valence-electron chi connectivity index (χ4n) is 4.03. The lowest BCUT2D eigenvalue weighted by Crippen LogP contribution is -2.52. The van der Waals surface area contributed by atoms with E-state index in [1.807, 2.05) is 20.8 Å². The molecule has 3 aromatic carbocycles. The van der Waals surface area contributed by atoms with Crippen molar-refractivity contribution in [2.45, 2.75) is 57.6 Å². The molecule has 0 aliphatic heterocycles. The van der Waals surface area contributed by atoms with Crippen molar-refractivity contribution in [1.82, 2.24) is 10.2 Å². The van der Waals surface area contributed by atoms with E-state index in [0.29, 0.717) is 32.9 Å². The molecule has 0 aromatic heterocycles. The third-order valence-electron chi connectivity index (χ3n) is 6.78. The molecule has 8 nitrogen and oxygen atoms in total. The quantitative estimate of drug-likeness (QED) is 0.258. The zero-order valence-electron chi connectivity index (χ0n) is 23.7. The number of sulfonamides is 1. The van der Waals surface area contributed by atoms with Crippen molar-refractivity contribution in [3.63, 3.8) is 0 Å². The van der Waals surface area contributed by atoms with Crippen LogP contribution in [-0.2, 0) is 26.2 Å². The monoisotopic (exact) mass is 663 g/mol. The molecule has 0 heterocycles. The highest BCUT2D eigenvalue weighted by atomic mass is 79.9. The highest BCUT2D eigenvalue weighted by molar-refractivity contribution is 9.10. The van der Waals surface area contributed by atoms with Crippen molar-refractivity contribution < 1.29 is 22.7 Å². The van der Waals surface area contributed by atoms with Crippen molar-refractivity contribution in [3.8, 4) is 5.75 Å². The normalized spacial score (nSPS) is 12.8. The van der Waals surface area contributed by atoms with Crippen LogP contribution in [0.1, 0.15) is 38.3 Å². The standard InChI is InChI=1S/C30H35BrClN3O5S/c1-6-21(3)33-30(37)22(4)34(18-23-9-7-8-10-27(23)32)29(36)19-35(24-13-11-20(2)12-14-24)41(38,39)25-15-16-28(40-5)26(31)17-25/h7-17,21-22H,6,18-19H2,1-5H3,(H,33,37). The van der Waals surface area contributed by atoms with Gasteiger partial charge in [0.25, 0.3) is 10.0 Å². The minimum Gasteiger partial charge on any atom is -0.496 e. The Morgan fingerprint density at radius 2 is 1.71 bits per heavy atom. The molecule has 0 saturated heterocycles. The van der Waals surface area contributed by atoms with Crippen LogP contribution in [0.4, 0.5) is 5.69 Å². The lowest BCUT2D eigenvalue weighted by atomic mass is 10.1. The number of carbonyl (C=O) groups excluding carboxylic acids is 2. The highest BCUT2D eigenvalue weighted by Crippen LogP contribution is 2.31. The van der Waals surface area contributed by atoms with Gasteiger partial charge in [-0.15, -0.1) is 0 Å². The van der Waals surface area contributed by atoms with Gasteiger partial charge in [0.2, 0.25) is 11.8 Å². The first-order valence-electron chi connectivity index (χ1n) is 13.1. The molecule has 2 amide bonds. The smallest absolute Gasteiger partial charge is 0.264 e. The van der Waals surface area contributed by atoms with Gasteiger partial charge in [-0.05, 0) is 85.1 Å². The number of amides is 2. The van der Waals surface area contributed by atoms with Crippen LogP contribution in [0, 0.1) is 6.92 Å². The van der Waals surface area contributed by atoms with Crippen LogP contribution >= 0.6 is 27.5 Å². The molecule has 0 aliphatic carbocycles. The Hall–Kier alpha value is -3.08. The predicted molar refractivity (Wildman–Crippen MR) is 166 cm³/mol. The second kappa shape index (κ2) is 14.2. The number of nitrogens with one attached hydrogen (secondary N) is 1. The molecule has 2 atom stereocenters. The number of ether oxygens (including phenoxy) is 1. The molecule has 220 valence electrons. The number of aryl methyl sites for hydroxylation is 1. The highest BCUT2D eigenvalue weighted by Gasteiger charge is 2.33. The molecule has 3 rings (SSSR count). The summed E-state index contributed by atoms with van der Waals surface area (Å²) in [4.78, 5) is 28.5. The first-order valence-corrected chi connectivity index (χ1v) is 15.8. The average molecular weight is 665 g/mol. The molecular formula is C30H35BrClN3O5S. The number of anilines is 1. The zero-order valence-corrected chi connectivity index (χ0v) is 26.9. The first kappa shape index (κ1) is 32.4. The summed E-state index contributed by atoms with van der Waals surface area (Å²) in [5.41, 5.74) is 1.88. The molecular weight excluding hydrogens is 630 g/mol. The van der Waals surface area contributed by atoms with E-state index in [1.54, 1.807) is 55.5 Å². The van der Waals surface area contributed by atoms with Gasteiger partial charge in [0, 0.05) is 17.6 Å². The van der Waals surface area contributed by atoms with Crippen molar-refractivity contribution in [1.29, 1.82) is 0 Å². The number of rotatable bonds is 12. The molecule has 0 aliphatic rings.